The third-order valence-electron chi connectivity index (χ3n) is 5.27. The minimum absolute atomic E-state index is 0.0415. The van der Waals surface area contributed by atoms with E-state index in [1.54, 1.807) is 54.7 Å². The molecule has 1 N–H and O–H groups in total. The van der Waals surface area contributed by atoms with E-state index in [0.29, 0.717) is 27.1 Å². The number of ketones is 1. The van der Waals surface area contributed by atoms with Crippen LogP contribution >= 0.6 is 34.8 Å². The van der Waals surface area contributed by atoms with E-state index in [-0.39, 0.29) is 22.7 Å². The second-order valence-electron chi connectivity index (χ2n) is 7.27. The maximum absolute atomic E-state index is 13.2. The lowest BCUT2D eigenvalue weighted by molar-refractivity contribution is -0.140. The number of Topliss-reactive ketones (excluding diaryl/α,β-unsaturated/α-hetero) is 1. The molecule has 33 heavy (non-hydrogen) atoms. The molecule has 1 aromatic heterocycles. The molecule has 1 aliphatic heterocycles. The number of halogens is 3. The Morgan fingerprint density at radius 3 is 2.52 bits per heavy atom. The number of amides is 1. The summed E-state index contributed by atoms with van der Waals surface area (Å²) < 4.78 is 5.33. The topological polar surface area (TPSA) is 79.7 Å². The van der Waals surface area contributed by atoms with Crippen molar-refractivity contribution in [3.05, 3.63) is 98.3 Å². The van der Waals surface area contributed by atoms with Gasteiger partial charge in [0.25, 0.3) is 11.7 Å². The first-order valence-electron chi connectivity index (χ1n) is 9.79. The van der Waals surface area contributed by atoms with Gasteiger partial charge in [-0.3, -0.25) is 14.6 Å². The summed E-state index contributed by atoms with van der Waals surface area (Å²) in [6, 6.07) is 13.7. The molecule has 2 heterocycles. The lowest BCUT2D eigenvalue weighted by Crippen LogP contribution is -2.29. The summed E-state index contributed by atoms with van der Waals surface area (Å²) in [5.41, 5.74) is 1.15. The van der Waals surface area contributed by atoms with Crippen molar-refractivity contribution in [3.8, 4) is 5.75 Å². The predicted octanol–water partition coefficient (Wildman–Crippen LogP) is 5.67. The Kier molecular flexibility index (Phi) is 6.61. The molecule has 1 atom stereocenters. The molecular weight excluding hydrogens is 487 g/mol. The van der Waals surface area contributed by atoms with Gasteiger partial charge in [0, 0.05) is 11.2 Å². The Morgan fingerprint density at radius 1 is 1.06 bits per heavy atom. The molecule has 3 aromatic rings. The molecule has 2 aromatic carbocycles. The monoisotopic (exact) mass is 502 g/mol. The van der Waals surface area contributed by atoms with E-state index in [2.05, 4.69) is 4.98 Å². The number of hydrogen-bond acceptors (Lipinski definition) is 5. The largest absolute Gasteiger partial charge is 0.507 e. The zero-order valence-electron chi connectivity index (χ0n) is 17.3. The number of methoxy groups -OCH3 is 1. The Balaban J connectivity index is 1.93. The molecule has 1 amide bonds. The van der Waals surface area contributed by atoms with Crippen molar-refractivity contribution < 1.29 is 19.4 Å². The number of aliphatic hydroxyl groups excluding tert-OH is 1. The molecule has 1 fully saturated rings. The molecule has 1 saturated heterocycles. The first-order valence-corrected chi connectivity index (χ1v) is 10.9. The summed E-state index contributed by atoms with van der Waals surface area (Å²) in [5.74, 6) is -1.74. The highest BCUT2D eigenvalue weighted by molar-refractivity contribution is 6.47. The standard InChI is InChI=1S/C24H17Cl3N2O4/c1-33-19-8-6-14(25)11-16(19)22(30)20-21(13-5-7-17(26)18(27)10-13)29(24(32)23(20)31)12-15-4-2-3-9-28-15/h2-11,21,30H,12H2,1H3/b22-20+. The Labute approximate surface area is 205 Å². The van der Waals surface area contributed by atoms with Gasteiger partial charge in [0.15, 0.2) is 0 Å². The van der Waals surface area contributed by atoms with Gasteiger partial charge in [-0.2, -0.15) is 0 Å². The average Bonchev–Trinajstić information content (AvgIpc) is 3.06. The SMILES string of the molecule is COc1ccc(Cl)cc1/C(O)=C1\C(=O)C(=O)N(Cc2ccccn2)C1c1ccc(Cl)c(Cl)c1. The summed E-state index contributed by atoms with van der Waals surface area (Å²) in [4.78, 5) is 31.9. The highest BCUT2D eigenvalue weighted by atomic mass is 35.5. The maximum atomic E-state index is 13.2. The fourth-order valence-electron chi connectivity index (χ4n) is 3.75. The van der Waals surface area contributed by atoms with E-state index in [4.69, 9.17) is 39.5 Å². The van der Waals surface area contributed by atoms with E-state index in [1.165, 1.54) is 18.1 Å². The number of nitrogens with zero attached hydrogens (tertiary/aromatic N) is 2. The lowest BCUT2D eigenvalue weighted by atomic mass is 9.95. The highest BCUT2D eigenvalue weighted by Gasteiger charge is 2.46. The second-order valence-corrected chi connectivity index (χ2v) is 8.52. The third kappa shape index (κ3) is 4.42. The van der Waals surface area contributed by atoms with Crippen LogP contribution in [0.2, 0.25) is 15.1 Å². The molecule has 0 radical (unpaired) electrons. The van der Waals surface area contributed by atoms with Gasteiger partial charge in [0.1, 0.15) is 11.5 Å². The van der Waals surface area contributed by atoms with Crippen LogP contribution in [0.15, 0.2) is 66.4 Å². The molecule has 1 aliphatic rings. The normalized spacial score (nSPS) is 17.5. The minimum Gasteiger partial charge on any atom is -0.507 e. The number of rotatable bonds is 5. The number of likely N-dealkylation sites (tertiary alicyclic amines) is 1. The van der Waals surface area contributed by atoms with Crippen LogP contribution < -0.4 is 4.74 Å². The number of benzene rings is 2. The van der Waals surface area contributed by atoms with E-state index < -0.39 is 23.5 Å². The molecule has 4 rings (SSSR count). The van der Waals surface area contributed by atoms with Gasteiger partial charge in [0.2, 0.25) is 0 Å². The molecule has 1 unspecified atom stereocenters. The van der Waals surface area contributed by atoms with Gasteiger partial charge < -0.3 is 14.7 Å². The molecule has 6 nitrogen and oxygen atoms in total. The number of hydrogen-bond donors (Lipinski definition) is 1. The summed E-state index contributed by atoms with van der Waals surface area (Å²) >= 11 is 18.4. The summed E-state index contributed by atoms with van der Waals surface area (Å²) in [6.45, 7) is 0.0415. The zero-order valence-corrected chi connectivity index (χ0v) is 19.5. The van der Waals surface area contributed by atoms with Crippen LogP contribution in [-0.2, 0) is 16.1 Å². The van der Waals surface area contributed by atoms with Gasteiger partial charge in [-0.1, -0.05) is 46.9 Å². The number of aromatic nitrogens is 1. The molecular formula is C24H17Cl3N2O4. The van der Waals surface area contributed by atoms with Crippen LogP contribution in [0.4, 0.5) is 0 Å². The quantitative estimate of drug-likeness (QED) is 0.276. The van der Waals surface area contributed by atoms with Crippen molar-refractivity contribution in [2.75, 3.05) is 7.11 Å². The zero-order chi connectivity index (χ0) is 23.7. The molecule has 9 heteroatoms. The average molecular weight is 504 g/mol. The second kappa shape index (κ2) is 9.43. The van der Waals surface area contributed by atoms with Crippen LogP contribution in [0.5, 0.6) is 5.75 Å². The van der Waals surface area contributed by atoms with Crippen LogP contribution in [0.3, 0.4) is 0 Å². The van der Waals surface area contributed by atoms with Gasteiger partial charge in [-0.15, -0.1) is 0 Å². The third-order valence-corrected chi connectivity index (χ3v) is 6.25. The number of ether oxygens (including phenoxy) is 1. The Hall–Kier alpha value is -3.06. The van der Waals surface area contributed by atoms with Crippen LogP contribution in [-0.4, -0.2) is 33.8 Å². The van der Waals surface area contributed by atoms with Gasteiger partial charge in [-0.25, -0.2) is 0 Å². The van der Waals surface area contributed by atoms with E-state index in [1.807, 2.05) is 0 Å². The number of carbonyl (C=O) groups excluding carboxylic acids is 2. The fraction of sp³-hybridized carbons (Fsp3) is 0.125. The first kappa shape index (κ1) is 23.1. The summed E-state index contributed by atoms with van der Waals surface area (Å²) in [5, 5.41) is 12.1. The van der Waals surface area contributed by atoms with Crippen LogP contribution in [0.1, 0.15) is 22.9 Å². The minimum atomic E-state index is -0.939. The number of aliphatic hydroxyl groups is 1. The first-order chi connectivity index (χ1) is 15.8. The molecule has 0 saturated carbocycles. The molecule has 0 aliphatic carbocycles. The van der Waals surface area contributed by atoms with Crippen LogP contribution in [0, 0.1) is 0 Å². The van der Waals surface area contributed by atoms with Gasteiger partial charge in [0.05, 0.1) is 46.6 Å². The van der Waals surface area contributed by atoms with E-state index in [9.17, 15) is 14.7 Å². The van der Waals surface area contributed by atoms with Crippen molar-refractivity contribution in [1.29, 1.82) is 0 Å². The van der Waals surface area contributed by atoms with Crippen molar-refractivity contribution >= 4 is 52.3 Å². The van der Waals surface area contributed by atoms with Crippen LogP contribution in [0.25, 0.3) is 5.76 Å². The smallest absolute Gasteiger partial charge is 0.296 e. The van der Waals surface area contributed by atoms with Crippen molar-refractivity contribution in [3.63, 3.8) is 0 Å². The van der Waals surface area contributed by atoms with E-state index in [0.717, 1.165) is 0 Å². The highest BCUT2D eigenvalue weighted by Crippen LogP contribution is 2.43. The molecule has 168 valence electrons. The van der Waals surface area contributed by atoms with Crippen molar-refractivity contribution in [2.45, 2.75) is 12.6 Å². The summed E-state index contributed by atoms with van der Waals surface area (Å²) in [6.07, 6.45) is 1.59. The van der Waals surface area contributed by atoms with E-state index >= 15 is 0 Å². The fourth-order valence-corrected chi connectivity index (χ4v) is 4.23. The maximum Gasteiger partial charge on any atom is 0.296 e. The number of pyridine rings is 1. The molecule has 0 bridgehead atoms. The van der Waals surface area contributed by atoms with Gasteiger partial charge >= 0.3 is 0 Å². The van der Waals surface area contributed by atoms with Gasteiger partial charge in [-0.05, 0) is 48.0 Å². The van der Waals surface area contributed by atoms with Crippen molar-refractivity contribution in [2.24, 2.45) is 0 Å². The molecule has 0 spiro atoms. The lowest BCUT2D eigenvalue weighted by Gasteiger charge is -2.25. The van der Waals surface area contributed by atoms with Crippen molar-refractivity contribution in [1.82, 2.24) is 9.88 Å². The number of carbonyl (C=O) groups is 2. The summed E-state index contributed by atoms with van der Waals surface area (Å²) in [7, 11) is 1.43. The predicted molar refractivity (Wildman–Crippen MR) is 127 cm³/mol. The Morgan fingerprint density at radius 2 is 1.85 bits per heavy atom. The Bertz CT molecular complexity index is 1280.